The summed E-state index contributed by atoms with van der Waals surface area (Å²) in [6.07, 6.45) is 9.90. The predicted octanol–water partition coefficient (Wildman–Crippen LogP) is 3.28. The molecule has 0 unspecified atom stereocenters. The van der Waals surface area contributed by atoms with Gasteiger partial charge in [-0.1, -0.05) is 20.3 Å². The molecule has 0 atom stereocenters. The number of rotatable bonds is 5. The van der Waals surface area contributed by atoms with Crippen LogP contribution in [0, 0.1) is 5.92 Å². The van der Waals surface area contributed by atoms with Crippen molar-refractivity contribution < 1.29 is 0 Å². The lowest BCUT2D eigenvalue weighted by Gasteiger charge is -2.23. The Kier molecular flexibility index (Phi) is 5.65. The molecule has 0 aromatic heterocycles. The Morgan fingerprint density at radius 1 is 1.21 bits per heavy atom. The molecule has 0 spiro atoms. The van der Waals surface area contributed by atoms with Crippen LogP contribution in [0.4, 0.5) is 0 Å². The van der Waals surface area contributed by atoms with Crippen molar-refractivity contribution >= 4 is 6.21 Å². The summed E-state index contributed by atoms with van der Waals surface area (Å²) in [4.78, 5) is 0. The number of hydrazone groups is 1. The average Bonchev–Trinajstić information content (AvgIpc) is 2.18. The minimum atomic E-state index is 0.832. The first-order valence-corrected chi connectivity index (χ1v) is 6.06. The van der Waals surface area contributed by atoms with Crippen molar-refractivity contribution in [2.45, 2.75) is 52.4 Å². The van der Waals surface area contributed by atoms with E-state index in [0.29, 0.717) is 0 Å². The minimum Gasteiger partial charge on any atom is -0.297 e. The third-order valence-corrected chi connectivity index (χ3v) is 2.69. The molecule has 0 aromatic carbocycles. The Balaban J connectivity index is 2.01. The SMILES string of the molecule is CC(C)CCC/C=N/N1CCCCC1. The fourth-order valence-electron chi connectivity index (χ4n) is 1.78. The Bertz CT molecular complexity index is 158. The maximum Gasteiger partial charge on any atom is 0.0360 e. The Morgan fingerprint density at radius 2 is 1.93 bits per heavy atom. The first-order chi connectivity index (χ1) is 6.79. The van der Waals surface area contributed by atoms with Gasteiger partial charge in [0.1, 0.15) is 0 Å². The Labute approximate surface area is 88.4 Å². The molecule has 0 amide bonds. The quantitative estimate of drug-likeness (QED) is 0.486. The third-order valence-electron chi connectivity index (χ3n) is 2.69. The molecule has 0 saturated carbocycles. The smallest absolute Gasteiger partial charge is 0.0360 e. The van der Waals surface area contributed by atoms with E-state index in [9.17, 15) is 0 Å². The second-order valence-corrected chi connectivity index (χ2v) is 4.64. The average molecular weight is 196 g/mol. The van der Waals surface area contributed by atoms with Gasteiger partial charge in [0, 0.05) is 19.3 Å². The number of nitrogens with zero attached hydrogens (tertiary/aromatic N) is 2. The van der Waals surface area contributed by atoms with E-state index in [1.807, 2.05) is 0 Å². The van der Waals surface area contributed by atoms with Crippen LogP contribution in [-0.4, -0.2) is 24.3 Å². The van der Waals surface area contributed by atoms with Crippen LogP contribution in [0.15, 0.2) is 5.10 Å². The lowest BCUT2D eigenvalue weighted by Crippen LogP contribution is -2.24. The highest BCUT2D eigenvalue weighted by molar-refractivity contribution is 5.56. The summed E-state index contributed by atoms with van der Waals surface area (Å²) in [5.74, 6) is 0.832. The van der Waals surface area contributed by atoms with Crippen molar-refractivity contribution in [3.05, 3.63) is 0 Å². The molecule has 2 heteroatoms. The van der Waals surface area contributed by atoms with Crippen molar-refractivity contribution in [3.8, 4) is 0 Å². The van der Waals surface area contributed by atoms with Gasteiger partial charge in [-0.15, -0.1) is 0 Å². The van der Waals surface area contributed by atoms with Crippen LogP contribution < -0.4 is 0 Å². The van der Waals surface area contributed by atoms with Crippen LogP contribution in [0.2, 0.25) is 0 Å². The van der Waals surface area contributed by atoms with Crippen LogP contribution in [-0.2, 0) is 0 Å². The molecule has 1 saturated heterocycles. The normalized spacial score (nSPS) is 18.4. The molecule has 14 heavy (non-hydrogen) atoms. The summed E-state index contributed by atoms with van der Waals surface area (Å²) in [6.45, 7) is 6.89. The van der Waals surface area contributed by atoms with Crippen LogP contribution in [0.5, 0.6) is 0 Å². The molecular formula is C12H24N2. The van der Waals surface area contributed by atoms with Crippen molar-refractivity contribution in [2.75, 3.05) is 13.1 Å². The molecule has 2 nitrogen and oxygen atoms in total. The maximum absolute atomic E-state index is 4.49. The van der Waals surface area contributed by atoms with Gasteiger partial charge in [0.15, 0.2) is 0 Å². The fourth-order valence-corrected chi connectivity index (χ4v) is 1.78. The van der Waals surface area contributed by atoms with Crippen LogP contribution >= 0.6 is 0 Å². The van der Waals surface area contributed by atoms with Crippen LogP contribution in [0.25, 0.3) is 0 Å². The van der Waals surface area contributed by atoms with Gasteiger partial charge in [-0.05, 0) is 38.0 Å². The van der Waals surface area contributed by atoms with Crippen LogP contribution in [0.1, 0.15) is 52.4 Å². The van der Waals surface area contributed by atoms with E-state index in [2.05, 4.69) is 30.2 Å². The highest BCUT2D eigenvalue weighted by Crippen LogP contribution is 2.09. The summed E-state index contributed by atoms with van der Waals surface area (Å²) in [6, 6.07) is 0. The van der Waals surface area contributed by atoms with Gasteiger partial charge in [0.25, 0.3) is 0 Å². The summed E-state index contributed by atoms with van der Waals surface area (Å²) < 4.78 is 0. The molecular weight excluding hydrogens is 172 g/mol. The third kappa shape index (κ3) is 5.25. The molecule has 0 N–H and O–H groups in total. The molecule has 82 valence electrons. The zero-order valence-electron chi connectivity index (χ0n) is 9.71. The highest BCUT2D eigenvalue weighted by atomic mass is 15.4. The molecule has 0 aliphatic carbocycles. The zero-order valence-corrected chi connectivity index (χ0v) is 9.71. The molecule has 0 radical (unpaired) electrons. The maximum atomic E-state index is 4.49. The van der Waals surface area contributed by atoms with Gasteiger partial charge in [-0.2, -0.15) is 5.10 Å². The van der Waals surface area contributed by atoms with Crippen LogP contribution in [0.3, 0.4) is 0 Å². The van der Waals surface area contributed by atoms with Gasteiger partial charge in [-0.3, -0.25) is 5.01 Å². The van der Waals surface area contributed by atoms with Crippen molar-refractivity contribution in [2.24, 2.45) is 11.0 Å². The van der Waals surface area contributed by atoms with Gasteiger partial charge in [0.2, 0.25) is 0 Å². The van der Waals surface area contributed by atoms with Crippen molar-refractivity contribution in [1.82, 2.24) is 5.01 Å². The number of unbranched alkanes of at least 4 members (excludes halogenated alkanes) is 1. The second kappa shape index (κ2) is 6.86. The summed E-state index contributed by atoms with van der Waals surface area (Å²) in [5, 5.41) is 6.71. The van der Waals surface area contributed by atoms with E-state index in [1.165, 1.54) is 45.2 Å². The molecule has 0 bridgehead atoms. The first kappa shape index (κ1) is 11.5. The Hall–Kier alpha value is -0.530. The molecule has 1 fully saturated rings. The van der Waals surface area contributed by atoms with Gasteiger partial charge < -0.3 is 0 Å². The molecule has 1 rings (SSSR count). The topological polar surface area (TPSA) is 15.6 Å². The van der Waals surface area contributed by atoms with Gasteiger partial charge in [-0.25, -0.2) is 0 Å². The number of piperidine rings is 1. The first-order valence-electron chi connectivity index (χ1n) is 6.06. The minimum absolute atomic E-state index is 0.832. The van der Waals surface area contributed by atoms with Gasteiger partial charge >= 0.3 is 0 Å². The van der Waals surface area contributed by atoms with E-state index < -0.39 is 0 Å². The Morgan fingerprint density at radius 3 is 2.57 bits per heavy atom. The van der Waals surface area contributed by atoms with E-state index in [0.717, 1.165) is 12.3 Å². The van der Waals surface area contributed by atoms with E-state index in [4.69, 9.17) is 0 Å². The monoisotopic (exact) mass is 196 g/mol. The van der Waals surface area contributed by atoms with E-state index in [1.54, 1.807) is 0 Å². The van der Waals surface area contributed by atoms with Crippen molar-refractivity contribution in [3.63, 3.8) is 0 Å². The summed E-state index contributed by atoms with van der Waals surface area (Å²) in [7, 11) is 0. The number of hydrogen-bond acceptors (Lipinski definition) is 2. The predicted molar refractivity (Wildman–Crippen MR) is 62.6 cm³/mol. The lowest BCUT2D eigenvalue weighted by atomic mass is 10.1. The molecule has 1 aliphatic rings. The summed E-state index contributed by atoms with van der Waals surface area (Å²) in [5.41, 5.74) is 0. The molecule has 1 heterocycles. The fraction of sp³-hybridized carbons (Fsp3) is 0.917. The lowest BCUT2D eigenvalue weighted by molar-refractivity contribution is 0.240. The standard InChI is InChI=1S/C12H24N2/c1-12(2)8-4-5-9-13-14-10-6-3-7-11-14/h9,12H,3-8,10-11H2,1-2H3/b13-9+. The molecule has 1 aliphatic heterocycles. The van der Waals surface area contributed by atoms with Crippen molar-refractivity contribution in [1.29, 1.82) is 0 Å². The largest absolute Gasteiger partial charge is 0.297 e. The zero-order chi connectivity index (χ0) is 10.2. The van der Waals surface area contributed by atoms with Gasteiger partial charge in [0.05, 0.1) is 0 Å². The number of hydrogen-bond donors (Lipinski definition) is 0. The molecule has 0 aromatic rings. The highest BCUT2D eigenvalue weighted by Gasteiger charge is 2.05. The second-order valence-electron chi connectivity index (χ2n) is 4.64. The van der Waals surface area contributed by atoms with E-state index >= 15 is 0 Å². The summed E-state index contributed by atoms with van der Waals surface area (Å²) >= 11 is 0. The van der Waals surface area contributed by atoms with E-state index in [-0.39, 0.29) is 0 Å².